The van der Waals surface area contributed by atoms with Crippen molar-refractivity contribution in [2.75, 3.05) is 26.2 Å². The van der Waals surface area contributed by atoms with E-state index in [-0.39, 0.29) is 16.4 Å². The molecule has 1 atom stereocenters. The van der Waals surface area contributed by atoms with Crippen LogP contribution in [0.2, 0.25) is 0 Å². The van der Waals surface area contributed by atoms with Crippen molar-refractivity contribution >= 4 is 27.8 Å². The summed E-state index contributed by atoms with van der Waals surface area (Å²) in [4.78, 5) is 36.0. The van der Waals surface area contributed by atoms with Crippen LogP contribution >= 0.6 is 0 Å². The first-order chi connectivity index (χ1) is 14.0. The Kier molecular flexibility index (Phi) is 9.94. The molecule has 0 spiro atoms. The minimum Gasteiger partial charge on any atom is -0.451 e. The summed E-state index contributed by atoms with van der Waals surface area (Å²) in [5.74, 6) is -1.45. The van der Waals surface area contributed by atoms with Gasteiger partial charge in [-0.05, 0) is 37.1 Å². The molecule has 0 saturated carbocycles. The number of hydrogen-bond donors (Lipinski definition) is 2. The summed E-state index contributed by atoms with van der Waals surface area (Å²) in [5, 5.41) is 5.05. The number of rotatable bonds is 11. The zero-order valence-corrected chi connectivity index (χ0v) is 18.9. The largest absolute Gasteiger partial charge is 0.451 e. The Labute approximate surface area is 178 Å². The van der Waals surface area contributed by atoms with E-state index in [9.17, 15) is 22.8 Å². The van der Waals surface area contributed by atoms with Gasteiger partial charge in [0, 0.05) is 25.2 Å². The Bertz CT molecular complexity index is 833. The smallest absolute Gasteiger partial charge is 0.326 e. The fourth-order valence-electron chi connectivity index (χ4n) is 2.49. The monoisotopic (exact) mass is 441 g/mol. The highest BCUT2D eigenvalue weighted by atomic mass is 32.2. The average Bonchev–Trinajstić information content (AvgIpc) is 2.70. The highest BCUT2D eigenvalue weighted by Crippen LogP contribution is 2.16. The summed E-state index contributed by atoms with van der Waals surface area (Å²) in [6.45, 7) is 9.57. The molecule has 0 bridgehead atoms. The third-order valence-electron chi connectivity index (χ3n) is 4.21. The molecule has 2 N–H and O–H groups in total. The van der Waals surface area contributed by atoms with E-state index < -0.39 is 40.5 Å². The lowest BCUT2D eigenvalue weighted by Gasteiger charge is -2.18. The minimum absolute atomic E-state index is 0.0865. The van der Waals surface area contributed by atoms with Crippen molar-refractivity contribution in [1.29, 1.82) is 0 Å². The Balaban J connectivity index is 2.61. The molecule has 0 aliphatic rings. The molecule has 0 aliphatic carbocycles. The predicted octanol–water partition coefficient (Wildman–Crippen LogP) is 1.15. The maximum Gasteiger partial charge on any atom is 0.326 e. The van der Waals surface area contributed by atoms with Crippen molar-refractivity contribution in [3.05, 3.63) is 29.8 Å². The second-order valence-corrected chi connectivity index (χ2v) is 9.01. The standard InChI is InChI=1S/C20H31N3O6S/c1-6-23(7-2)30(27,28)17-10-8-16(9-11-17)20(26)22-13-18(24)29-15(5)19(25)21-12-14(3)4/h8-11,14-15H,6-7,12-13H2,1-5H3,(H,21,25)(H,22,26). The molecule has 0 aliphatic heterocycles. The third kappa shape index (κ3) is 7.42. The molecule has 1 unspecified atom stereocenters. The van der Waals surface area contributed by atoms with E-state index >= 15 is 0 Å². The van der Waals surface area contributed by atoms with Crippen molar-refractivity contribution in [1.82, 2.24) is 14.9 Å². The molecule has 168 valence electrons. The maximum absolute atomic E-state index is 12.5. The van der Waals surface area contributed by atoms with Gasteiger partial charge in [0.1, 0.15) is 6.54 Å². The van der Waals surface area contributed by atoms with E-state index in [1.54, 1.807) is 13.8 Å². The van der Waals surface area contributed by atoms with Crippen LogP contribution in [0.25, 0.3) is 0 Å². The molecule has 1 aromatic rings. The van der Waals surface area contributed by atoms with Gasteiger partial charge in [0.05, 0.1) is 4.90 Å². The van der Waals surface area contributed by atoms with Gasteiger partial charge < -0.3 is 15.4 Å². The fourth-order valence-corrected chi connectivity index (χ4v) is 3.94. The first-order valence-corrected chi connectivity index (χ1v) is 11.3. The Morgan fingerprint density at radius 1 is 1.00 bits per heavy atom. The predicted molar refractivity (Wildman–Crippen MR) is 112 cm³/mol. The molecule has 0 aromatic heterocycles. The molecule has 0 saturated heterocycles. The van der Waals surface area contributed by atoms with Crippen LogP contribution in [0.5, 0.6) is 0 Å². The van der Waals surface area contributed by atoms with Gasteiger partial charge in [0.15, 0.2) is 6.10 Å². The van der Waals surface area contributed by atoms with Crippen LogP contribution in [0.1, 0.15) is 45.0 Å². The SMILES string of the molecule is CCN(CC)S(=O)(=O)c1ccc(C(=O)NCC(=O)OC(C)C(=O)NCC(C)C)cc1. The van der Waals surface area contributed by atoms with E-state index in [4.69, 9.17) is 4.74 Å². The number of sulfonamides is 1. The molecule has 1 rings (SSSR count). The number of nitrogens with zero attached hydrogens (tertiary/aromatic N) is 1. The molecule has 2 amide bonds. The number of hydrogen-bond acceptors (Lipinski definition) is 6. The van der Waals surface area contributed by atoms with Gasteiger partial charge in [-0.2, -0.15) is 4.31 Å². The van der Waals surface area contributed by atoms with Crippen molar-refractivity contribution in [2.45, 2.75) is 45.6 Å². The quantitative estimate of drug-likeness (QED) is 0.497. The molecule has 0 fully saturated rings. The van der Waals surface area contributed by atoms with Gasteiger partial charge in [-0.25, -0.2) is 8.42 Å². The van der Waals surface area contributed by atoms with Crippen LogP contribution in [0.4, 0.5) is 0 Å². The van der Waals surface area contributed by atoms with Crippen molar-refractivity contribution < 1.29 is 27.5 Å². The van der Waals surface area contributed by atoms with Crippen molar-refractivity contribution in [2.24, 2.45) is 5.92 Å². The van der Waals surface area contributed by atoms with Gasteiger partial charge in [-0.3, -0.25) is 14.4 Å². The van der Waals surface area contributed by atoms with Crippen LogP contribution in [-0.2, 0) is 24.3 Å². The maximum atomic E-state index is 12.5. The van der Waals surface area contributed by atoms with Crippen molar-refractivity contribution in [3.8, 4) is 0 Å². The first kappa shape index (κ1) is 25.6. The zero-order valence-electron chi connectivity index (χ0n) is 18.1. The Morgan fingerprint density at radius 3 is 2.07 bits per heavy atom. The lowest BCUT2D eigenvalue weighted by atomic mass is 10.2. The van der Waals surface area contributed by atoms with Gasteiger partial charge in [0.25, 0.3) is 11.8 Å². The summed E-state index contributed by atoms with van der Waals surface area (Å²) in [6, 6.07) is 5.45. The van der Waals surface area contributed by atoms with E-state index in [2.05, 4.69) is 10.6 Å². The number of ether oxygens (including phenoxy) is 1. The van der Waals surface area contributed by atoms with E-state index in [0.717, 1.165) is 0 Å². The highest BCUT2D eigenvalue weighted by molar-refractivity contribution is 7.89. The second kappa shape index (κ2) is 11.7. The van der Waals surface area contributed by atoms with Crippen LogP contribution in [0, 0.1) is 5.92 Å². The summed E-state index contributed by atoms with van der Waals surface area (Å²) in [5.41, 5.74) is 0.198. The zero-order chi connectivity index (χ0) is 22.9. The van der Waals surface area contributed by atoms with Gasteiger partial charge >= 0.3 is 5.97 Å². The Hall–Kier alpha value is -2.46. The molecule has 30 heavy (non-hydrogen) atoms. The molecular formula is C20H31N3O6S. The minimum atomic E-state index is -3.61. The third-order valence-corrected chi connectivity index (χ3v) is 6.28. The number of nitrogens with one attached hydrogen (secondary N) is 2. The first-order valence-electron chi connectivity index (χ1n) is 9.88. The van der Waals surface area contributed by atoms with Gasteiger partial charge in [-0.1, -0.05) is 27.7 Å². The molecule has 0 radical (unpaired) electrons. The molecular weight excluding hydrogens is 410 g/mol. The van der Waals surface area contributed by atoms with E-state index in [0.29, 0.717) is 19.6 Å². The summed E-state index contributed by atoms with van der Waals surface area (Å²) in [6.07, 6.45) is -0.974. The number of esters is 1. The van der Waals surface area contributed by atoms with E-state index in [1.807, 2.05) is 13.8 Å². The molecule has 0 heterocycles. The fraction of sp³-hybridized carbons (Fsp3) is 0.550. The summed E-state index contributed by atoms with van der Waals surface area (Å²) >= 11 is 0. The highest BCUT2D eigenvalue weighted by Gasteiger charge is 2.22. The summed E-state index contributed by atoms with van der Waals surface area (Å²) in [7, 11) is -3.61. The number of carbonyl (C=O) groups excluding carboxylic acids is 3. The number of benzene rings is 1. The van der Waals surface area contributed by atoms with E-state index in [1.165, 1.54) is 35.5 Å². The topological polar surface area (TPSA) is 122 Å². The molecule has 9 nitrogen and oxygen atoms in total. The van der Waals surface area contributed by atoms with Crippen LogP contribution < -0.4 is 10.6 Å². The molecule has 10 heteroatoms. The lowest BCUT2D eigenvalue weighted by molar-refractivity contribution is -0.153. The number of carbonyl (C=O) groups is 3. The van der Waals surface area contributed by atoms with Gasteiger partial charge in [-0.15, -0.1) is 0 Å². The summed E-state index contributed by atoms with van der Waals surface area (Å²) < 4.78 is 31.2. The van der Waals surface area contributed by atoms with Crippen LogP contribution in [0.15, 0.2) is 29.2 Å². The van der Waals surface area contributed by atoms with Crippen LogP contribution in [-0.4, -0.2) is 62.8 Å². The average molecular weight is 442 g/mol. The lowest BCUT2D eigenvalue weighted by Crippen LogP contribution is -2.39. The second-order valence-electron chi connectivity index (χ2n) is 7.07. The van der Waals surface area contributed by atoms with Gasteiger partial charge in [0.2, 0.25) is 10.0 Å². The number of amides is 2. The van der Waals surface area contributed by atoms with Crippen LogP contribution in [0.3, 0.4) is 0 Å². The van der Waals surface area contributed by atoms with Crippen molar-refractivity contribution in [3.63, 3.8) is 0 Å². The Morgan fingerprint density at radius 2 is 1.57 bits per heavy atom. The normalized spacial score (nSPS) is 12.5. The molecule has 1 aromatic carbocycles.